The Balaban J connectivity index is 0. The molecule has 1 heterocycles. The highest BCUT2D eigenvalue weighted by Crippen LogP contribution is 2.27. The van der Waals surface area contributed by atoms with Gasteiger partial charge in [-0.25, -0.2) is 0 Å². The summed E-state index contributed by atoms with van der Waals surface area (Å²) >= 11 is 0. The van der Waals surface area contributed by atoms with Crippen LogP contribution in [0.1, 0.15) is 90.8 Å². The van der Waals surface area contributed by atoms with Gasteiger partial charge in [0.05, 0.1) is 11.6 Å². The van der Waals surface area contributed by atoms with E-state index in [9.17, 15) is 5.26 Å². The van der Waals surface area contributed by atoms with E-state index >= 15 is 0 Å². The van der Waals surface area contributed by atoms with E-state index in [0.717, 1.165) is 31.5 Å². The van der Waals surface area contributed by atoms with Gasteiger partial charge < -0.3 is 5.32 Å². The van der Waals surface area contributed by atoms with E-state index in [1.807, 2.05) is 33.8 Å². The summed E-state index contributed by atoms with van der Waals surface area (Å²) in [5, 5.41) is 12.6. The summed E-state index contributed by atoms with van der Waals surface area (Å²) < 4.78 is 0. The molecule has 0 saturated carbocycles. The van der Waals surface area contributed by atoms with Crippen LogP contribution in [0.2, 0.25) is 0 Å². The van der Waals surface area contributed by atoms with Crippen LogP contribution in [-0.2, 0) is 6.42 Å². The Bertz CT molecular complexity index is 438. The molecule has 1 fully saturated rings. The van der Waals surface area contributed by atoms with Gasteiger partial charge in [0.2, 0.25) is 0 Å². The molecule has 0 bridgehead atoms. The van der Waals surface area contributed by atoms with Crippen molar-refractivity contribution in [2.75, 3.05) is 13.1 Å². The first-order chi connectivity index (χ1) is 11.6. The van der Waals surface area contributed by atoms with Crippen molar-refractivity contribution in [3.8, 4) is 6.07 Å². The van der Waals surface area contributed by atoms with Gasteiger partial charge in [-0.2, -0.15) is 5.26 Å². The normalized spacial score (nSPS) is 15.1. The van der Waals surface area contributed by atoms with Crippen LogP contribution in [0.25, 0.3) is 0 Å². The number of hydrogen-bond donors (Lipinski definition) is 1. The van der Waals surface area contributed by atoms with Crippen molar-refractivity contribution in [1.29, 1.82) is 5.26 Å². The first-order valence-corrected chi connectivity index (χ1v) is 9.85. The molecule has 1 unspecified atom stereocenters. The fraction of sp³-hybridized carbons (Fsp3) is 0.682. The average molecular weight is 333 g/mol. The molecule has 1 N–H and O–H groups in total. The van der Waals surface area contributed by atoms with Crippen molar-refractivity contribution in [3.05, 3.63) is 34.9 Å². The lowest BCUT2D eigenvalue weighted by Crippen LogP contribution is -2.09. The van der Waals surface area contributed by atoms with Gasteiger partial charge in [-0.15, -0.1) is 0 Å². The van der Waals surface area contributed by atoms with Gasteiger partial charge in [-0.3, -0.25) is 0 Å². The molecule has 1 aromatic carbocycles. The van der Waals surface area contributed by atoms with E-state index < -0.39 is 0 Å². The Kier molecular flexibility index (Phi) is 17.2. The highest BCUT2D eigenvalue weighted by molar-refractivity contribution is 5.43. The lowest BCUT2D eigenvalue weighted by Gasteiger charge is -2.14. The molecular formula is C22H40N2. The Labute approximate surface area is 151 Å². The Morgan fingerprint density at radius 3 is 2.17 bits per heavy atom. The lowest BCUT2D eigenvalue weighted by atomic mass is 9.90. The third kappa shape index (κ3) is 9.73. The second kappa shape index (κ2) is 16.5. The molecule has 1 aliphatic heterocycles. The minimum absolute atomic E-state index is 0.525. The van der Waals surface area contributed by atoms with Crippen molar-refractivity contribution >= 4 is 0 Å². The smallest absolute Gasteiger partial charge is 0.0994 e. The number of rotatable bonds is 3. The summed E-state index contributed by atoms with van der Waals surface area (Å²) in [7, 11) is 0. The predicted molar refractivity (Wildman–Crippen MR) is 109 cm³/mol. The van der Waals surface area contributed by atoms with Gasteiger partial charge in [0.25, 0.3) is 0 Å². The fourth-order valence-corrected chi connectivity index (χ4v) is 2.57. The van der Waals surface area contributed by atoms with Gasteiger partial charge in [0.1, 0.15) is 0 Å². The van der Waals surface area contributed by atoms with E-state index in [0.29, 0.717) is 11.8 Å². The topological polar surface area (TPSA) is 35.8 Å². The van der Waals surface area contributed by atoms with Crippen LogP contribution in [0.5, 0.6) is 0 Å². The highest BCUT2D eigenvalue weighted by Gasteiger charge is 2.20. The molecule has 2 heteroatoms. The largest absolute Gasteiger partial charge is 0.316 e. The first kappa shape index (κ1) is 24.9. The fourth-order valence-electron chi connectivity index (χ4n) is 2.57. The molecule has 0 aromatic heterocycles. The minimum Gasteiger partial charge on any atom is -0.316 e. The zero-order valence-electron chi connectivity index (χ0n) is 17.4. The summed E-state index contributed by atoms with van der Waals surface area (Å²) in [4.78, 5) is 0. The number of nitriles is 1. The predicted octanol–water partition coefficient (Wildman–Crippen LogP) is 6.30. The molecule has 1 saturated heterocycles. The van der Waals surface area contributed by atoms with Gasteiger partial charge in [0.15, 0.2) is 0 Å². The maximum atomic E-state index is 9.18. The van der Waals surface area contributed by atoms with Crippen LogP contribution in [-0.4, -0.2) is 13.1 Å². The molecule has 2 nitrogen and oxygen atoms in total. The molecule has 0 aliphatic carbocycles. The molecule has 0 radical (unpaired) electrons. The molecule has 0 amide bonds. The van der Waals surface area contributed by atoms with Gasteiger partial charge in [-0.05, 0) is 48.4 Å². The third-order valence-electron chi connectivity index (χ3n) is 3.38. The standard InChI is InChI=1S/C15H20N2.C3H8.2C2H6/c1-11(2)7-12-3-4-13(9-16)15(8-12)14-5-6-17-10-14;1-3-2;2*1-2/h3-4,8,11,14,17H,5-7,10H2,1-2H3;3H2,1-2H3;2*1-2H3. The minimum atomic E-state index is 0.525. The van der Waals surface area contributed by atoms with E-state index in [1.165, 1.54) is 17.5 Å². The first-order valence-electron chi connectivity index (χ1n) is 9.85. The summed E-state index contributed by atoms with van der Waals surface area (Å²) in [6, 6.07) is 8.66. The monoisotopic (exact) mass is 332 g/mol. The van der Waals surface area contributed by atoms with Crippen LogP contribution >= 0.6 is 0 Å². The van der Waals surface area contributed by atoms with Crippen LogP contribution in [0.3, 0.4) is 0 Å². The van der Waals surface area contributed by atoms with Crippen LogP contribution in [0, 0.1) is 17.2 Å². The molecule has 0 spiro atoms. The molecule has 2 rings (SSSR count). The zero-order chi connectivity index (χ0) is 19.0. The van der Waals surface area contributed by atoms with Gasteiger partial charge >= 0.3 is 0 Å². The Morgan fingerprint density at radius 2 is 1.75 bits per heavy atom. The van der Waals surface area contributed by atoms with Crippen molar-refractivity contribution in [2.45, 2.75) is 80.6 Å². The van der Waals surface area contributed by atoms with Crippen molar-refractivity contribution in [1.82, 2.24) is 5.32 Å². The van der Waals surface area contributed by atoms with E-state index in [4.69, 9.17) is 0 Å². The molecule has 1 aromatic rings. The summed E-state index contributed by atoms with van der Waals surface area (Å²) in [5.41, 5.74) is 3.46. The van der Waals surface area contributed by atoms with Gasteiger partial charge in [-0.1, -0.05) is 73.9 Å². The van der Waals surface area contributed by atoms with Gasteiger partial charge in [0, 0.05) is 6.54 Å². The lowest BCUT2D eigenvalue weighted by molar-refractivity contribution is 0.645. The maximum absolute atomic E-state index is 9.18. The van der Waals surface area contributed by atoms with E-state index in [1.54, 1.807) is 0 Å². The van der Waals surface area contributed by atoms with Crippen molar-refractivity contribution in [2.24, 2.45) is 5.92 Å². The number of nitrogens with zero attached hydrogens (tertiary/aromatic N) is 1. The summed E-state index contributed by atoms with van der Waals surface area (Å²) in [6.07, 6.45) is 3.50. The summed E-state index contributed by atoms with van der Waals surface area (Å²) in [5.74, 6) is 1.19. The van der Waals surface area contributed by atoms with E-state index in [2.05, 4.69) is 51.2 Å². The van der Waals surface area contributed by atoms with Crippen LogP contribution in [0.15, 0.2) is 18.2 Å². The summed E-state index contributed by atoms with van der Waals surface area (Å²) in [6.45, 7) is 18.8. The molecule has 24 heavy (non-hydrogen) atoms. The third-order valence-corrected chi connectivity index (χ3v) is 3.38. The number of benzene rings is 1. The number of hydrogen-bond acceptors (Lipinski definition) is 2. The highest BCUT2D eigenvalue weighted by atomic mass is 14.9. The average Bonchev–Trinajstić information content (AvgIpc) is 3.13. The maximum Gasteiger partial charge on any atom is 0.0994 e. The van der Waals surface area contributed by atoms with E-state index in [-0.39, 0.29) is 0 Å². The molecule has 138 valence electrons. The van der Waals surface area contributed by atoms with Crippen molar-refractivity contribution in [3.63, 3.8) is 0 Å². The number of nitrogens with one attached hydrogen (secondary N) is 1. The zero-order valence-corrected chi connectivity index (χ0v) is 17.4. The second-order valence-electron chi connectivity index (χ2n) is 6.03. The second-order valence-corrected chi connectivity index (χ2v) is 6.03. The molecule has 1 atom stereocenters. The van der Waals surface area contributed by atoms with Crippen molar-refractivity contribution < 1.29 is 0 Å². The SMILES string of the molecule is CC.CC.CC(C)Cc1ccc(C#N)c(C2CCNC2)c1.CCC. The molecular weight excluding hydrogens is 292 g/mol. The quantitative estimate of drug-likeness (QED) is 0.704. The van der Waals surface area contributed by atoms with Crippen LogP contribution < -0.4 is 5.32 Å². The Hall–Kier alpha value is -1.33. The Morgan fingerprint density at radius 1 is 1.17 bits per heavy atom. The molecule has 1 aliphatic rings. The van der Waals surface area contributed by atoms with Crippen LogP contribution in [0.4, 0.5) is 0 Å².